The summed E-state index contributed by atoms with van der Waals surface area (Å²) in [5.74, 6) is 3.50. The third-order valence-electron chi connectivity index (χ3n) is 22.0. The molecule has 6 aliphatic rings. The summed E-state index contributed by atoms with van der Waals surface area (Å²) >= 11 is 27.0. The largest absolute Gasteiger partial charge is 0.504 e. The molecule has 3 aromatic heterocycles. The highest BCUT2D eigenvalue weighted by Crippen LogP contribution is 2.48. The van der Waals surface area contributed by atoms with E-state index in [0.29, 0.717) is 119 Å². The van der Waals surface area contributed by atoms with Crippen LogP contribution in [0.1, 0.15) is 206 Å². The topological polar surface area (TPSA) is 349 Å². The molecular formula is C85H124Cl4N4O21S5. The molecule has 0 atom stereocenters. The van der Waals surface area contributed by atoms with E-state index in [9.17, 15) is 43.6 Å². The number of nitrogens with zero attached hydrogens (tertiary/aromatic N) is 3. The molecule has 0 saturated carbocycles. The number of hydrogen-bond acceptors (Lipinski definition) is 25. The van der Waals surface area contributed by atoms with Crippen molar-refractivity contribution >= 4 is 143 Å². The number of hydrogen-bond donors (Lipinski definition) is 3. The summed E-state index contributed by atoms with van der Waals surface area (Å²) in [6.45, 7) is 39.0. The number of anilines is 1. The average Bonchev–Trinajstić information content (AvgIpc) is 1.72. The van der Waals surface area contributed by atoms with Gasteiger partial charge in [-0.2, -0.15) is 8.42 Å². The number of oxazole rings is 3. The first-order chi connectivity index (χ1) is 55.4. The highest BCUT2D eigenvalue weighted by Gasteiger charge is 2.48. The average molecular weight is 1840 g/mol. The number of carbonyl (C=O) groups is 1. The van der Waals surface area contributed by atoms with Gasteiger partial charge in [0.25, 0.3) is 10.1 Å². The Bertz CT molecular complexity index is 4990. The lowest BCUT2D eigenvalue weighted by atomic mass is 9.88. The van der Waals surface area contributed by atoms with Crippen molar-refractivity contribution in [1.29, 1.82) is 0 Å². The van der Waals surface area contributed by atoms with E-state index in [1.807, 2.05) is 53.7 Å². The van der Waals surface area contributed by atoms with E-state index in [0.717, 1.165) is 130 Å². The van der Waals surface area contributed by atoms with Crippen LogP contribution in [0.25, 0.3) is 33.3 Å². The van der Waals surface area contributed by atoms with Crippen LogP contribution in [-0.2, 0) is 93.3 Å². The van der Waals surface area contributed by atoms with Crippen LogP contribution in [0.3, 0.4) is 0 Å². The number of fused-ring (bicyclic) bond motifs is 3. The summed E-state index contributed by atoms with van der Waals surface area (Å²) in [4.78, 5) is 26.6. The second kappa shape index (κ2) is 42.2. The van der Waals surface area contributed by atoms with Gasteiger partial charge in [0.15, 0.2) is 52.0 Å². The van der Waals surface area contributed by atoms with Crippen molar-refractivity contribution in [2.75, 3.05) is 116 Å². The summed E-state index contributed by atoms with van der Waals surface area (Å²) in [6.07, 6.45) is 11.4. The molecule has 1 amide bonds. The van der Waals surface area contributed by atoms with Crippen molar-refractivity contribution in [3.63, 3.8) is 0 Å². The van der Waals surface area contributed by atoms with Gasteiger partial charge < -0.3 is 57.2 Å². The van der Waals surface area contributed by atoms with Crippen molar-refractivity contribution in [3.8, 4) is 5.75 Å². The second-order valence-corrected chi connectivity index (χ2v) is 47.6. The number of benzene rings is 4. The zero-order valence-corrected chi connectivity index (χ0v) is 79.0. The Morgan fingerprint density at radius 2 is 0.790 bits per heavy atom. The molecule has 6 aliphatic heterocycles. The van der Waals surface area contributed by atoms with E-state index < -0.39 is 60.3 Å². The van der Waals surface area contributed by atoms with Gasteiger partial charge in [-0.25, -0.2) is 40.2 Å². The van der Waals surface area contributed by atoms with Crippen molar-refractivity contribution in [2.24, 2.45) is 40.9 Å². The van der Waals surface area contributed by atoms with E-state index in [1.165, 1.54) is 12.1 Å². The van der Waals surface area contributed by atoms with Crippen molar-refractivity contribution in [1.82, 2.24) is 15.0 Å². The Morgan fingerprint density at radius 1 is 0.454 bits per heavy atom. The first-order valence-electron chi connectivity index (χ1n) is 40.8. The quantitative estimate of drug-likeness (QED) is 0.0433. The molecule has 0 radical (unpaired) electrons. The van der Waals surface area contributed by atoms with Crippen molar-refractivity contribution in [2.45, 2.75) is 233 Å². The molecule has 6 saturated heterocycles. The molecule has 7 aromatic rings. The third kappa shape index (κ3) is 26.8. The van der Waals surface area contributed by atoms with Gasteiger partial charge >= 0.3 is 0 Å². The zero-order chi connectivity index (χ0) is 88.1. The molecule has 34 heteroatoms. The van der Waals surface area contributed by atoms with E-state index in [1.54, 1.807) is 84.5 Å². The Morgan fingerprint density at radius 3 is 1.18 bits per heavy atom. The molecule has 13 rings (SSSR count). The number of halogens is 4. The molecule has 0 bridgehead atoms. The minimum atomic E-state index is -3.98. The number of amides is 1. The maximum atomic E-state index is 13.6. The molecular weight excluding hydrogens is 1720 g/mol. The van der Waals surface area contributed by atoms with Crippen LogP contribution in [0.5, 0.6) is 5.75 Å². The van der Waals surface area contributed by atoms with Gasteiger partial charge in [0.05, 0.1) is 58.8 Å². The van der Waals surface area contributed by atoms with E-state index in [4.69, 9.17) is 93.2 Å². The van der Waals surface area contributed by atoms with E-state index in [-0.39, 0.29) is 92.3 Å². The Balaban J connectivity index is 0.000000184. The van der Waals surface area contributed by atoms with Crippen LogP contribution >= 0.6 is 58.2 Å². The van der Waals surface area contributed by atoms with E-state index >= 15 is 0 Å². The zero-order valence-electron chi connectivity index (χ0n) is 71.9. The fourth-order valence-corrected chi connectivity index (χ4v) is 23.0. The van der Waals surface area contributed by atoms with Gasteiger partial charge in [0, 0.05) is 113 Å². The monoisotopic (exact) mass is 1840 g/mol. The summed E-state index contributed by atoms with van der Waals surface area (Å²) in [6, 6.07) is 13.2. The minimum absolute atomic E-state index is 0.00224. The molecule has 0 spiro atoms. The number of ether oxygens (including phenoxy) is 6. The summed E-state index contributed by atoms with van der Waals surface area (Å²) in [5.41, 5.74) is 1.85. The highest BCUT2D eigenvalue weighted by molar-refractivity contribution is 7.99. The molecule has 0 aliphatic carbocycles. The lowest BCUT2D eigenvalue weighted by molar-refractivity contribution is -0.123. The van der Waals surface area contributed by atoms with Gasteiger partial charge in [0.1, 0.15) is 31.2 Å². The number of phenolic OH excluding ortho intramolecular Hbond substituents is 1. The number of phenols is 1. The number of sulfone groups is 3. The number of aliphatic hydroxyl groups is 1. The standard InChI is InChI=1S/C19H28ClNO5S.C19H26ClNO4S.C17H22ClNO4S.C17H22ClNO2S.C7H14O4S.C6H12O2/c1-18(2,3)17(23)21-14-7-6-13(20)16(15(14)22)27(24,25)19(4,5)12-8-10-26-11-9-12;1-18(2,3)17-21-14-7-6-13(20)16(15(14)25-17)26(22,23)19(4,5)12-8-10-24-11-9-12;1-17(2,3)16-19-13-5-4-12(18)15(14(13)23-16)24(20,21)10-11-6-8-22-9-7-11;1-17(2,3)16-19-13-5-4-12(18)15(14(13)21-16)22-10-11-6-8-20-9-7-11;1-12(8,9)11-6-7-2-4-10-5-3-7;7-5-6-1-3-8-4-2-6/h6-7,12,22H,8-11H2,1-5H3,(H,21,23);6-7,12H,8-11H2,1-5H3;4-5,11H,6-10H2,1-3H3;4-5,11H,6-10H2,1-3H3;7H,2-6H2,1H3;6-7H,1-5H2. The number of thioether (sulfide) groups is 1. The number of carbonyl (C=O) groups excluding carboxylic acids is 1. The molecule has 6 fully saturated rings. The molecule has 9 heterocycles. The number of aromatic nitrogens is 3. The second-order valence-electron chi connectivity index (χ2n) is 36.4. The van der Waals surface area contributed by atoms with Crippen LogP contribution in [0.15, 0.2) is 81.4 Å². The summed E-state index contributed by atoms with van der Waals surface area (Å²) in [7, 11) is -14.6. The van der Waals surface area contributed by atoms with Crippen LogP contribution in [0.4, 0.5) is 5.69 Å². The predicted molar refractivity (Wildman–Crippen MR) is 469 cm³/mol. The Kier molecular flexibility index (Phi) is 35.5. The number of aromatic hydroxyl groups is 1. The molecule has 3 N–H and O–H groups in total. The number of rotatable bonds is 17. The lowest BCUT2D eigenvalue weighted by Gasteiger charge is -2.36. The third-order valence-corrected chi connectivity index (χ3v) is 32.9. The minimum Gasteiger partial charge on any atom is -0.504 e. The first-order valence-corrected chi connectivity index (χ1v) is 49.7. The van der Waals surface area contributed by atoms with Crippen LogP contribution in [-0.4, -0.2) is 184 Å². The summed E-state index contributed by atoms with van der Waals surface area (Å²) < 4.78 is 153. The molecule has 119 heavy (non-hydrogen) atoms. The number of aliphatic hydroxyl groups excluding tert-OH is 1. The van der Waals surface area contributed by atoms with E-state index in [2.05, 4.69) is 45.2 Å². The van der Waals surface area contributed by atoms with Crippen LogP contribution in [0.2, 0.25) is 20.1 Å². The summed E-state index contributed by atoms with van der Waals surface area (Å²) in [5, 5.41) is 22.9. The first kappa shape index (κ1) is 100.0. The van der Waals surface area contributed by atoms with Crippen LogP contribution < -0.4 is 5.32 Å². The Labute approximate surface area is 728 Å². The van der Waals surface area contributed by atoms with Crippen molar-refractivity contribution < 1.29 is 94.5 Å². The van der Waals surface area contributed by atoms with Gasteiger partial charge in [-0.1, -0.05) is 129 Å². The van der Waals surface area contributed by atoms with Gasteiger partial charge in [-0.15, -0.1) is 11.8 Å². The smallest absolute Gasteiger partial charge is 0.264 e. The molecule has 668 valence electrons. The van der Waals surface area contributed by atoms with Gasteiger partial charge in [-0.05, 0) is 189 Å². The Hall–Kier alpha value is -4.45. The molecule has 4 aromatic carbocycles. The predicted octanol–water partition coefficient (Wildman–Crippen LogP) is 18.8. The SMILES string of the molecule is CC(C)(C)C(=O)Nc1ccc(Cl)c(S(=O)(=O)C(C)(C)C2CCOCC2)c1O.CC(C)(C)c1nc2ccc(Cl)c(S(=O)(=O)C(C)(C)C3CCOCC3)c2o1.CC(C)(C)c1nc2ccc(Cl)c(S(=O)(=O)CC3CCOCC3)c2o1.CC(C)(C)c1nc2ccc(Cl)c(SCC3CCOCC3)c2o1.CS(=O)(=O)OCC1CCOCC1.OCC1CCOCC1. The maximum absolute atomic E-state index is 13.6. The fraction of sp³-hybridized carbons (Fsp3) is 0.671. The maximum Gasteiger partial charge on any atom is 0.264 e. The van der Waals surface area contributed by atoms with Gasteiger partial charge in [-0.3, -0.25) is 8.98 Å². The fourth-order valence-electron chi connectivity index (χ4n) is 13.9. The normalized spacial score (nSPS) is 18.2. The molecule has 0 unspecified atom stereocenters. The van der Waals surface area contributed by atoms with Crippen molar-refractivity contribution in [3.05, 3.63) is 86.3 Å². The van der Waals surface area contributed by atoms with Gasteiger partial charge in [0.2, 0.25) is 23.6 Å². The lowest BCUT2D eigenvalue weighted by Crippen LogP contribution is -2.42. The van der Waals surface area contributed by atoms with Crippen LogP contribution in [0, 0.1) is 40.9 Å². The highest BCUT2D eigenvalue weighted by atomic mass is 35.5. The molecule has 25 nitrogen and oxygen atoms in total. The number of nitrogens with one attached hydrogen (secondary N) is 1.